The molecule has 1 N–H and O–H groups in total. The van der Waals surface area contributed by atoms with Crippen LogP contribution in [0.2, 0.25) is 0 Å². The van der Waals surface area contributed by atoms with Gasteiger partial charge in [-0.3, -0.25) is 14.4 Å². The quantitative estimate of drug-likeness (QED) is 0.583. The summed E-state index contributed by atoms with van der Waals surface area (Å²) in [5, 5.41) is 8.63. The first-order valence-corrected chi connectivity index (χ1v) is 7.67. The zero-order chi connectivity index (χ0) is 17.7. The maximum Gasteiger partial charge on any atom is 0.303 e. The second kappa shape index (κ2) is 7.72. The minimum absolute atomic E-state index is 0.0313. The molecule has 0 saturated heterocycles. The first-order chi connectivity index (χ1) is 11.5. The lowest BCUT2D eigenvalue weighted by Crippen LogP contribution is -2.30. The molecule has 1 aromatic rings. The summed E-state index contributed by atoms with van der Waals surface area (Å²) < 4.78 is 20.3. The SMILES string of the molecule is CCCc1ccc(N2C(=O)C=CC2=O)c(F)c1OCCCC(=O)O. The zero-order valence-corrected chi connectivity index (χ0v) is 13.3. The summed E-state index contributed by atoms with van der Waals surface area (Å²) >= 11 is 0. The van der Waals surface area contributed by atoms with Crippen LogP contribution in [0.3, 0.4) is 0 Å². The summed E-state index contributed by atoms with van der Waals surface area (Å²) in [6, 6.07) is 3.00. The van der Waals surface area contributed by atoms with Crippen LogP contribution in [-0.2, 0) is 20.8 Å². The van der Waals surface area contributed by atoms with E-state index in [1.807, 2.05) is 6.92 Å². The number of aryl methyl sites for hydroxylation is 1. The van der Waals surface area contributed by atoms with Gasteiger partial charge in [-0.2, -0.15) is 0 Å². The summed E-state index contributed by atoms with van der Waals surface area (Å²) in [7, 11) is 0. The molecule has 0 fully saturated rings. The van der Waals surface area contributed by atoms with Crippen LogP contribution in [0.1, 0.15) is 31.7 Å². The fourth-order valence-corrected chi connectivity index (χ4v) is 2.42. The Hall–Kier alpha value is -2.70. The molecule has 0 radical (unpaired) electrons. The molecule has 0 aliphatic carbocycles. The summed E-state index contributed by atoms with van der Waals surface area (Å²) in [4.78, 5) is 34.8. The minimum atomic E-state index is -0.957. The van der Waals surface area contributed by atoms with Gasteiger partial charge in [0.2, 0.25) is 0 Å². The molecule has 128 valence electrons. The number of halogens is 1. The van der Waals surface area contributed by atoms with E-state index in [2.05, 4.69) is 0 Å². The predicted octanol–water partition coefficient (Wildman–Crippen LogP) is 2.45. The van der Waals surface area contributed by atoms with Crippen molar-refractivity contribution in [3.8, 4) is 5.75 Å². The van der Waals surface area contributed by atoms with E-state index in [0.29, 0.717) is 12.0 Å². The number of carboxylic acids is 1. The number of hydrogen-bond acceptors (Lipinski definition) is 4. The molecular weight excluding hydrogens is 317 g/mol. The van der Waals surface area contributed by atoms with Gasteiger partial charge in [-0.05, 0) is 24.5 Å². The molecule has 6 nitrogen and oxygen atoms in total. The molecule has 1 heterocycles. The molecule has 1 aliphatic heterocycles. The summed E-state index contributed by atoms with van der Waals surface area (Å²) in [5.41, 5.74) is 0.448. The van der Waals surface area contributed by atoms with Gasteiger partial charge in [0.05, 0.1) is 12.3 Å². The number of carbonyl (C=O) groups excluding carboxylic acids is 2. The van der Waals surface area contributed by atoms with Crippen LogP contribution in [-0.4, -0.2) is 29.5 Å². The number of carboxylic acid groups (broad SMARTS) is 1. The van der Waals surface area contributed by atoms with Gasteiger partial charge in [0.15, 0.2) is 11.6 Å². The van der Waals surface area contributed by atoms with Crippen molar-refractivity contribution in [2.24, 2.45) is 0 Å². The smallest absolute Gasteiger partial charge is 0.303 e. The molecule has 0 aromatic heterocycles. The van der Waals surface area contributed by atoms with E-state index in [9.17, 15) is 18.8 Å². The van der Waals surface area contributed by atoms with E-state index in [4.69, 9.17) is 9.84 Å². The van der Waals surface area contributed by atoms with Gasteiger partial charge in [-0.1, -0.05) is 19.4 Å². The number of ether oxygens (including phenoxy) is 1. The fraction of sp³-hybridized carbons (Fsp3) is 0.353. The topological polar surface area (TPSA) is 83.9 Å². The van der Waals surface area contributed by atoms with Crippen molar-refractivity contribution in [1.82, 2.24) is 0 Å². The standard InChI is InChI=1S/C17H18FNO5/c1-2-4-11-6-7-12(19-13(20)8-9-14(19)21)16(18)17(11)24-10-3-5-15(22)23/h6-9H,2-5,10H2,1H3,(H,22,23). The van der Waals surface area contributed by atoms with Crippen molar-refractivity contribution in [3.63, 3.8) is 0 Å². The number of carbonyl (C=O) groups is 3. The lowest BCUT2D eigenvalue weighted by molar-refractivity contribution is -0.137. The zero-order valence-electron chi connectivity index (χ0n) is 13.3. The van der Waals surface area contributed by atoms with Gasteiger partial charge in [0.25, 0.3) is 11.8 Å². The molecule has 0 bridgehead atoms. The highest BCUT2D eigenvalue weighted by atomic mass is 19.1. The molecule has 24 heavy (non-hydrogen) atoms. The second-order valence-electron chi connectivity index (χ2n) is 5.33. The highest BCUT2D eigenvalue weighted by molar-refractivity contribution is 6.28. The van der Waals surface area contributed by atoms with Crippen LogP contribution in [0.4, 0.5) is 10.1 Å². The molecule has 2 amide bonds. The third-order valence-corrected chi connectivity index (χ3v) is 3.51. The third-order valence-electron chi connectivity index (χ3n) is 3.51. The largest absolute Gasteiger partial charge is 0.490 e. The van der Waals surface area contributed by atoms with Crippen LogP contribution in [0.25, 0.3) is 0 Å². The van der Waals surface area contributed by atoms with Crippen LogP contribution in [0.15, 0.2) is 24.3 Å². The number of benzene rings is 1. The molecule has 0 saturated carbocycles. The van der Waals surface area contributed by atoms with Gasteiger partial charge in [-0.15, -0.1) is 0 Å². The highest BCUT2D eigenvalue weighted by Crippen LogP contribution is 2.33. The van der Waals surface area contributed by atoms with Crippen molar-refractivity contribution in [2.45, 2.75) is 32.6 Å². The van der Waals surface area contributed by atoms with E-state index in [1.54, 1.807) is 6.07 Å². The van der Waals surface area contributed by atoms with Gasteiger partial charge in [0.1, 0.15) is 0 Å². The van der Waals surface area contributed by atoms with Crippen LogP contribution in [0, 0.1) is 5.82 Å². The van der Waals surface area contributed by atoms with Gasteiger partial charge < -0.3 is 9.84 Å². The number of anilines is 1. The van der Waals surface area contributed by atoms with Gasteiger partial charge in [-0.25, -0.2) is 9.29 Å². The van der Waals surface area contributed by atoms with E-state index in [1.165, 1.54) is 6.07 Å². The Kier molecular flexibility index (Phi) is 5.68. The average Bonchev–Trinajstić information content (AvgIpc) is 2.85. The lowest BCUT2D eigenvalue weighted by Gasteiger charge is -2.19. The molecule has 0 atom stereocenters. The molecule has 1 aliphatic rings. The first kappa shape index (κ1) is 17.7. The number of amides is 2. The Morgan fingerprint density at radius 2 is 1.92 bits per heavy atom. The van der Waals surface area contributed by atoms with Gasteiger partial charge in [0, 0.05) is 18.6 Å². The van der Waals surface area contributed by atoms with E-state index < -0.39 is 23.6 Å². The Labute approximate surface area is 138 Å². The normalized spacial score (nSPS) is 13.7. The number of nitrogens with zero attached hydrogens (tertiary/aromatic N) is 1. The number of imide groups is 1. The molecule has 2 rings (SSSR count). The number of rotatable bonds is 8. The van der Waals surface area contributed by atoms with Crippen molar-refractivity contribution in [2.75, 3.05) is 11.5 Å². The molecular formula is C17H18FNO5. The molecule has 7 heteroatoms. The van der Waals surface area contributed by atoms with Crippen molar-refractivity contribution in [3.05, 3.63) is 35.7 Å². The number of aliphatic carboxylic acids is 1. The van der Waals surface area contributed by atoms with Gasteiger partial charge >= 0.3 is 5.97 Å². The van der Waals surface area contributed by atoms with E-state index >= 15 is 0 Å². The summed E-state index contributed by atoms with van der Waals surface area (Å²) in [6.07, 6.45) is 3.62. The van der Waals surface area contributed by atoms with Crippen molar-refractivity contribution >= 4 is 23.5 Å². The Balaban J connectivity index is 2.28. The Morgan fingerprint density at radius 1 is 1.25 bits per heavy atom. The summed E-state index contributed by atoms with van der Waals surface area (Å²) in [5.74, 6) is -3.01. The predicted molar refractivity (Wildman–Crippen MR) is 84.4 cm³/mol. The van der Waals surface area contributed by atoms with Crippen molar-refractivity contribution in [1.29, 1.82) is 0 Å². The van der Waals surface area contributed by atoms with E-state index in [0.717, 1.165) is 23.5 Å². The second-order valence-corrected chi connectivity index (χ2v) is 5.33. The molecule has 1 aromatic carbocycles. The maximum absolute atomic E-state index is 14.8. The molecule has 0 unspecified atom stereocenters. The Morgan fingerprint density at radius 3 is 2.50 bits per heavy atom. The third kappa shape index (κ3) is 3.79. The van der Waals surface area contributed by atoms with E-state index in [-0.39, 0.29) is 30.9 Å². The van der Waals surface area contributed by atoms with Crippen LogP contribution >= 0.6 is 0 Å². The van der Waals surface area contributed by atoms with Crippen molar-refractivity contribution < 1.29 is 28.6 Å². The fourth-order valence-electron chi connectivity index (χ4n) is 2.42. The van der Waals surface area contributed by atoms with Crippen LogP contribution < -0.4 is 9.64 Å². The average molecular weight is 335 g/mol. The Bertz CT molecular complexity index is 680. The number of hydrogen-bond donors (Lipinski definition) is 1. The highest BCUT2D eigenvalue weighted by Gasteiger charge is 2.29. The first-order valence-electron chi connectivity index (χ1n) is 7.67. The minimum Gasteiger partial charge on any atom is -0.490 e. The maximum atomic E-state index is 14.8. The monoisotopic (exact) mass is 335 g/mol. The summed E-state index contributed by atoms with van der Waals surface area (Å²) in [6.45, 7) is 1.96. The molecule has 0 spiro atoms. The lowest BCUT2D eigenvalue weighted by atomic mass is 10.1. The van der Waals surface area contributed by atoms with Crippen LogP contribution in [0.5, 0.6) is 5.75 Å².